The smallest absolute Gasteiger partial charge is 0.410 e. The molecule has 0 saturated carbocycles. The molecule has 2 atom stereocenters. The number of amides is 1. The molecule has 0 aliphatic carbocycles. The molecule has 2 rings (SSSR count). The van der Waals surface area contributed by atoms with Crippen LogP contribution in [0.2, 0.25) is 0 Å². The van der Waals surface area contributed by atoms with Gasteiger partial charge in [-0.2, -0.15) is 12.6 Å². The summed E-state index contributed by atoms with van der Waals surface area (Å²) in [5, 5.41) is 10.6. The second kappa shape index (κ2) is 8.00. The highest BCUT2D eigenvalue weighted by molar-refractivity contribution is 7.81. The normalized spacial score (nSPS) is 19.8. The van der Waals surface area contributed by atoms with Crippen LogP contribution in [0.3, 0.4) is 0 Å². The summed E-state index contributed by atoms with van der Waals surface area (Å²) in [4.78, 5) is 34.7. The Labute approximate surface area is 144 Å². The van der Waals surface area contributed by atoms with Crippen molar-refractivity contribution in [1.29, 1.82) is 0 Å². The van der Waals surface area contributed by atoms with Gasteiger partial charge in [0.2, 0.25) is 0 Å². The summed E-state index contributed by atoms with van der Waals surface area (Å²) in [7, 11) is 0. The first-order valence-corrected chi connectivity index (χ1v) is 7.86. The van der Waals surface area contributed by atoms with Crippen LogP contribution in [-0.2, 0) is 20.9 Å². The van der Waals surface area contributed by atoms with Gasteiger partial charge in [-0.15, -0.1) is 0 Å². The second-order valence-corrected chi connectivity index (χ2v) is 6.21. The summed E-state index contributed by atoms with van der Waals surface area (Å²) >= 11 is 4.36. The van der Waals surface area contributed by atoms with Crippen LogP contribution < -0.4 is 0 Å². The molecule has 0 aromatic heterocycles. The highest BCUT2D eigenvalue weighted by Crippen LogP contribution is 2.23. The fraction of sp³-hybridized carbons (Fsp3) is 0.467. The van der Waals surface area contributed by atoms with Crippen LogP contribution in [-0.4, -0.2) is 46.3 Å². The van der Waals surface area contributed by atoms with E-state index in [1.54, 1.807) is 0 Å². The molecule has 9 heteroatoms. The van der Waals surface area contributed by atoms with E-state index in [0.29, 0.717) is 18.5 Å². The monoisotopic (exact) mass is 354 g/mol. The summed E-state index contributed by atoms with van der Waals surface area (Å²) in [5.74, 6) is -0.406. The number of carbonyl (C=O) groups excluding carboxylic acids is 2. The topological polar surface area (TPSA) is 99.0 Å². The van der Waals surface area contributed by atoms with Crippen LogP contribution in [0.4, 0.5) is 10.5 Å². The molecular formula is C15H18N2O6S. The third-order valence-corrected chi connectivity index (χ3v) is 3.99. The number of thiol groups is 1. The van der Waals surface area contributed by atoms with E-state index in [1.807, 2.05) is 0 Å². The van der Waals surface area contributed by atoms with Crippen LogP contribution in [0.1, 0.15) is 18.9 Å². The van der Waals surface area contributed by atoms with Crippen molar-refractivity contribution in [2.45, 2.75) is 31.2 Å². The maximum Gasteiger partial charge on any atom is 0.410 e. The summed E-state index contributed by atoms with van der Waals surface area (Å²) in [6, 6.07) is 5.51. The lowest BCUT2D eigenvalue weighted by Gasteiger charge is -2.23. The third kappa shape index (κ3) is 4.85. The van der Waals surface area contributed by atoms with Crippen LogP contribution >= 0.6 is 12.6 Å². The van der Waals surface area contributed by atoms with Crippen molar-refractivity contribution >= 4 is 30.4 Å². The summed E-state index contributed by atoms with van der Waals surface area (Å²) in [6.45, 7) is 1.84. The average molecular weight is 354 g/mol. The third-order valence-electron chi connectivity index (χ3n) is 3.62. The Morgan fingerprint density at radius 1 is 1.33 bits per heavy atom. The zero-order valence-corrected chi connectivity index (χ0v) is 14.0. The van der Waals surface area contributed by atoms with E-state index in [4.69, 9.17) is 9.47 Å². The zero-order valence-electron chi connectivity index (χ0n) is 13.1. The number of hydrogen-bond donors (Lipinski definition) is 1. The maximum absolute atomic E-state index is 12.2. The Morgan fingerprint density at radius 3 is 2.58 bits per heavy atom. The van der Waals surface area contributed by atoms with Crippen molar-refractivity contribution in [2.24, 2.45) is 0 Å². The van der Waals surface area contributed by atoms with Crippen molar-refractivity contribution in [2.75, 3.05) is 13.2 Å². The Kier molecular flexibility index (Phi) is 6.02. The molecule has 1 aromatic carbocycles. The number of hydrogen-bond acceptors (Lipinski definition) is 7. The number of likely N-dealkylation sites (tertiary alicyclic amines) is 1. The minimum atomic E-state index is -0.526. The molecule has 1 aliphatic heterocycles. The number of nitrogens with zero attached hydrogens (tertiary/aromatic N) is 2. The number of rotatable bonds is 5. The summed E-state index contributed by atoms with van der Waals surface area (Å²) in [6.07, 6.45) is 0.0882. The van der Waals surface area contributed by atoms with Crippen molar-refractivity contribution in [1.82, 2.24) is 4.90 Å². The molecule has 130 valence electrons. The average Bonchev–Trinajstić information content (AvgIpc) is 2.92. The molecule has 0 bridgehead atoms. The predicted molar refractivity (Wildman–Crippen MR) is 87.8 cm³/mol. The largest absolute Gasteiger partial charge is 0.464 e. The molecule has 0 radical (unpaired) electrons. The lowest BCUT2D eigenvalue weighted by Crippen LogP contribution is -2.39. The highest BCUT2D eigenvalue weighted by Gasteiger charge is 2.35. The highest BCUT2D eigenvalue weighted by atomic mass is 32.1. The molecule has 24 heavy (non-hydrogen) atoms. The Bertz CT molecular complexity index is 621. The predicted octanol–water partition coefficient (Wildman–Crippen LogP) is 2.17. The van der Waals surface area contributed by atoms with Gasteiger partial charge >= 0.3 is 12.1 Å². The molecule has 1 heterocycles. The molecule has 1 saturated heterocycles. The minimum Gasteiger partial charge on any atom is -0.464 e. The molecule has 1 amide bonds. The molecular weight excluding hydrogens is 336 g/mol. The second-order valence-electron chi connectivity index (χ2n) is 5.48. The number of nitro groups is 1. The van der Waals surface area contributed by atoms with Gasteiger partial charge < -0.3 is 14.4 Å². The van der Waals surface area contributed by atoms with Crippen molar-refractivity contribution in [3.05, 3.63) is 39.9 Å². The Balaban J connectivity index is 1.90. The first kappa shape index (κ1) is 18.1. The SMILES string of the molecule is CC(=O)OCC1C[C@H](S)CN1C(=O)OCc1ccc([N+](=O)[O-])cc1. The minimum absolute atomic E-state index is 0.00233. The van der Waals surface area contributed by atoms with Gasteiger partial charge in [-0.25, -0.2) is 4.79 Å². The van der Waals surface area contributed by atoms with Gasteiger partial charge in [-0.3, -0.25) is 14.9 Å². The number of carbonyl (C=O) groups is 2. The Morgan fingerprint density at radius 2 is 2.00 bits per heavy atom. The zero-order chi connectivity index (χ0) is 17.7. The van der Waals surface area contributed by atoms with Gasteiger partial charge in [0.1, 0.15) is 13.2 Å². The van der Waals surface area contributed by atoms with Crippen LogP contribution in [0, 0.1) is 10.1 Å². The number of benzene rings is 1. The van der Waals surface area contributed by atoms with Gasteiger partial charge in [-0.05, 0) is 24.1 Å². The van der Waals surface area contributed by atoms with E-state index in [0.717, 1.165) is 0 Å². The first-order chi connectivity index (χ1) is 11.4. The van der Waals surface area contributed by atoms with E-state index < -0.39 is 17.0 Å². The van der Waals surface area contributed by atoms with Crippen LogP contribution in [0.15, 0.2) is 24.3 Å². The lowest BCUT2D eigenvalue weighted by atomic mass is 10.2. The van der Waals surface area contributed by atoms with E-state index in [1.165, 1.54) is 36.1 Å². The first-order valence-electron chi connectivity index (χ1n) is 7.35. The lowest BCUT2D eigenvalue weighted by molar-refractivity contribution is -0.384. The maximum atomic E-state index is 12.2. The van der Waals surface area contributed by atoms with Crippen molar-refractivity contribution in [3.8, 4) is 0 Å². The number of non-ortho nitro benzene ring substituents is 1. The van der Waals surface area contributed by atoms with Gasteiger partial charge in [-0.1, -0.05) is 0 Å². The molecule has 1 unspecified atom stereocenters. The molecule has 0 N–H and O–H groups in total. The van der Waals surface area contributed by atoms with E-state index in [9.17, 15) is 19.7 Å². The molecule has 1 aromatic rings. The van der Waals surface area contributed by atoms with Gasteiger partial charge in [0.15, 0.2) is 0 Å². The molecule has 8 nitrogen and oxygen atoms in total. The van der Waals surface area contributed by atoms with Gasteiger partial charge in [0, 0.05) is 30.9 Å². The van der Waals surface area contributed by atoms with E-state index >= 15 is 0 Å². The number of nitro benzene ring substituents is 1. The van der Waals surface area contributed by atoms with Crippen molar-refractivity contribution < 1.29 is 24.0 Å². The quantitative estimate of drug-likeness (QED) is 0.376. The van der Waals surface area contributed by atoms with Crippen molar-refractivity contribution in [3.63, 3.8) is 0 Å². The molecule has 1 fully saturated rings. The van der Waals surface area contributed by atoms with Crippen LogP contribution in [0.25, 0.3) is 0 Å². The van der Waals surface area contributed by atoms with Crippen LogP contribution in [0.5, 0.6) is 0 Å². The Hall–Kier alpha value is -2.29. The van der Waals surface area contributed by atoms with Gasteiger partial charge in [0.05, 0.1) is 11.0 Å². The fourth-order valence-corrected chi connectivity index (χ4v) is 2.85. The number of ether oxygens (including phenoxy) is 2. The fourth-order valence-electron chi connectivity index (χ4n) is 2.43. The summed E-state index contributed by atoms with van der Waals surface area (Å²) in [5.41, 5.74) is 0.621. The summed E-state index contributed by atoms with van der Waals surface area (Å²) < 4.78 is 10.2. The van der Waals surface area contributed by atoms with E-state index in [-0.39, 0.29) is 30.2 Å². The standard InChI is InChI=1S/C15H18N2O6S/c1-10(18)22-9-13-6-14(24)7-16(13)15(19)23-8-11-2-4-12(5-3-11)17(20)21/h2-5,13-14,24H,6-9H2,1H3/t13?,14-/m0/s1. The molecule has 0 spiro atoms. The van der Waals surface area contributed by atoms with E-state index in [2.05, 4.69) is 12.6 Å². The molecule has 1 aliphatic rings. The van der Waals surface area contributed by atoms with Gasteiger partial charge in [0.25, 0.3) is 5.69 Å². The number of esters is 1.